The largest absolute Gasteiger partial charge is 0.325 e. The van der Waals surface area contributed by atoms with Crippen molar-refractivity contribution in [2.75, 3.05) is 18.4 Å². The highest BCUT2D eigenvalue weighted by molar-refractivity contribution is 7.89. The molecule has 1 amide bonds. The minimum Gasteiger partial charge on any atom is -0.325 e. The lowest BCUT2D eigenvalue weighted by molar-refractivity contribution is -0.116. The molecule has 0 aliphatic carbocycles. The second kappa shape index (κ2) is 10.5. The van der Waals surface area contributed by atoms with E-state index in [4.69, 9.17) is 23.2 Å². The molecule has 0 unspecified atom stereocenters. The summed E-state index contributed by atoms with van der Waals surface area (Å²) in [6.45, 7) is 3.60. The van der Waals surface area contributed by atoms with E-state index in [0.29, 0.717) is 12.1 Å². The zero-order chi connectivity index (χ0) is 23.3. The molecule has 3 rings (SSSR count). The van der Waals surface area contributed by atoms with Crippen molar-refractivity contribution < 1.29 is 13.2 Å². The Morgan fingerprint density at radius 2 is 1.69 bits per heavy atom. The number of nitrogens with zero attached hydrogens (tertiary/aromatic N) is 1. The van der Waals surface area contributed by atoms with Crippen LogP contribution in [0, 0.1) is 13.8 Å². The second-order valence-corrected chi connectivity index (χ2v) is 10.2. The third-order valence-electron chi connectivity index (χ3n) is 5.20. The Bertz CT molecular complexity index is 1220. The predicted octanol–water partition coefficient (Wildman–Crippen LogP) is 5.48. The van der Waals surface area contributed by atoms with Gasteiger partial charge < -0.3 is 5.32 Å². The molecular formula is C24H24Cl2N2O3S. The maximum atomic E-state index is 13.4. The van der Waals surface area contributed by atoms with Crippen LogP contribution in [0.1, 0.15) is 16.7 Å². The summed E-state index contributed by atoms with van der Waals surface area (Å²) in [5.41, 5.74) is 3.57. The molecule has 3 aromatic rings. The van der Waals surface area contributed by atoms with Crippen LogP contribution in [0.5, 0.6) is 0 Å². The average Bonchev–Trinajstić information content (AvgIpc) is 2.76. The van der Waals surface area contributed by atoms with Gasteiger partial charge in [-0.15, -0.1) is 0 Å². The van der Waals surface area contributed by atoms with Gasteiger partial charge in [0.25, 0.3) is 0 Å². The Kier molecular flexibility index (Phi) is 7.96. The number of rotatable bonds is 8. The fourth-order valence-corrected chi connectivity index (χ4v) is 5.37. The highest BCUT2D eigenvalue weighted by atomic mass is 35.5. The van der Waals surface area contributed by atoms with Crippen LogP contribution in [-0.2, 0) is 21.2 Å². The third-order valence-corrected chi connectivity index (χ3v) is 7.76. The molecule has 0 saturated heterocycles. The summed E-state index contributed by atoms with van der Waals surface area (Å²) in [6.07, 6.45) is 0.439. The van der Waals surface area contributed by atoms with E-state index < -0.39 is 15.9 Å². The van der Waals surface area contributed by atoms with Gasteiger partial charge in [-0.1, -0.05) is 65.7 Å². The Morgan fingerprint density at radius 1 is 0.969 bits per heavy atom. The van der Waals surface area contributed by atoms with Crippen molar-refractivity contribution in [1.82, 2.24) is 4.31 Å². The molecule has 3 aromatic carbocycles. The highest BCUT2D eigenvalue weighted by Crippen LogP contribution is 2.28. The Morgan fingerprint density at radius 3 is 2.41 bits per heavy atom. The lowest BCUT2D eigenvalue weighted by atomic mass is 10.1. The lowest BCUT2D eigenvalue weighted by Crippen LogP contribution is -2.39. The van der Waals surface area contributed by atoms with Crippen LogP contribution in [0.25, 0.3) is 0 Å². The number of aryl methyl sites for hydroxylation is 1. The minimum absolute atomic E-state index is 0.0500. The first-order valence-corrected chi connectivity index (χ1v) is 12.2. The number of carbonyl (C=O) groups is 1. The van der Waals surface area contributed by atoms with Crippen molar-refractivity contribution in [3.63, 3.8) is 0 Å². The van der Waals surface area contributed by atoms with Gasteiger partial charge >= 0.3 is 0 Å². The fraction of sp³-hybridized carbons (Fsp3) is 0.208. The number of halogens is 2. The summed E-state index contributed by atoms with van der Waals surface area (Å²) in [7, 11) is -4.07. The Balaban J connectivity index is 1.88. The quantitative estimate of drug-likeness (QED) is 0.454. The monoisotopic (exact) mass is 490 g/mol. The van der Waals surface area contributed by atoms with Crippen molar-refractivity contribution in [3.8, 4) is 0 Å². The van der Waals surface area contributed by atoms with Crippen LogP contribution in [0.4, 0.5) is 5.69 Å². The van der Waals surface area contributed by atoms with E-state index in [-0.39, 0.29) is 28.0 Å². The number of nitrogens with one attached hydrogen (secondary N) is 1. The SMILES string of the molecule is Cc1cccc(NC(=O)CN(CCc2ccccc2)S(=O)(=O)c2cc(Cl)ccc2Cl)c1C. The van der Waals surface area contributed by atoms with Gasteiger partial charge in [-0.05, 0) is 61.2 Å². The Labute approximate surface area is 199 Å². The van der Waals surface area contributed by atoms with E-state index in [2.05, 4.69) is 5.32 Å². The van der Waals surface area contributed by atoms with Crippen molar-refractivity contribution in [2.45, 2.75) is 25.2 Å². The standard InChI is InChI=1S/C24H24Cl2N2O3S/c1-17-7-6-10-22(18(17)2)27-24(29)16-28(14-13-19-8-4-3-5-9-19)32(30,31)23-15-20(25)11-12-21(23)26/h3-12,15H,13-14,16H2,1-2H3,(H,27,29). The number of sulfonamides is 1. The van der Waals surface area contributed by atoms with E-state index in [1.807, 2.05) is 56.3 Å². The van der Waals surface area contributed by atoms with Crippen molar-refractivity contribution >= 4 is 44.8 Å². The molecule has 0 aliphatic heterocycles. The number of hydrogen-bond acceptors (Lipinski definition) is 3. The average molecular weight is 491 g/mol. The summed E-state index contributed by atoms with van der Waals surface area (Å²) in [5.74, 6) is -0.437. The van der Waals surface area contributed by atoms with E-state index in [0.717, 1.165) is 21.0 Å². The molecule has 32 heavy (non-hydrogen) atoms. The lowest BCUT2D eigenvalue weighted by Gasteiger charge is -2.23. The van der Waals surface area contributed by atoms with Crippen LogP contribution < -0.4 is 5.32 Å². The van der Waals surface area contributed by atoms with Crippen molar-refractivity contribution in [2.24, 2.45) is 0 Å². The zero-order valence-electron chi connectivity index (χ0n) is 17.8. The summed E-state index contributed by atoms with van der Waals surface area (Å²) in [5, 5.41) is 3.12. The molecule has 0 saturated carbocycles. The zero-order valence-corrected chi connectivity index (χ0v) is 20.1. The molecule has 0 fully saturated rings. The molecule has 0 spiro atoms. The molecule has 1 N–H and O–H groups in total. The molecule has 5 nitrogen and oxygen atoms in total. The van der Waals surface area contributed by atoms with Crippen LogP contribution in [0.3, 0.4) is 0 Å². The van der Waals surface area contributed by atoms with Crippen LogP contribution in [0.2, 0.25) is 10.0 Å². The first-order valence-electron chi connectivity index (χ1n) is 10.0. The topological polar surface area (TPSA) is 66.5 Å². The van der Waals surface area contributed by atoms with Gasteiger partial charge in [0, 0.05) is 17.3 Å². The van der Waals surface area contributed by atoms with E-state index in [1.165, 1.54) is 18.2 Å². The van der Waals surface area contributed by atoms with Gasteiger partial charge in [0.15, 0.2) is 0 Å². The van der Waals surface area contributed by atoms with Crippen LogP contribution in [-0.4, -0.2) is 31.7 Å². The molecule has 0 heterocycles. The van der Waals surface area contributed by atoms with Gasteiger partial charge in [-0.3, -0.25) is 4.79 Å². The number of benzene rings is 3. The summed E-state index contributed by atoms with van der Waals surface area (Å²) >= 11 is 12.2. The first-order chi connectivity index (χ1) is 15.2. The molecular weight excluding hydrogens is 467 g/mol. The van der Waals surface area contributed by atoms with Gasteiger partial charge in [0.05, 0.1) is 11.6 Å². The second-order valence-electron chi connectivity index (χ2n) is 7.44. The van der Waals surface area contributed by atoms with Crippen molar-refractivity contribution in [3.05, 3.63) is 93.5 Å². The predicted molar refractivity (Wildman–Crippen MR) is 130 cm³/mol. The molecule has 0 aliphatic rings. The summed E-state index contributed by atoms with van der Waals surface area (Å²) < 4.78 is 28.0. The molecule has 0 atom stereocenters. The van der Waals surface area contributed by atoms with Crippen LogP contribution >= 0.6 is 23.2 Å². The van der Waals surface area contributed by atoms with Gasteiger partial charge in [0.1, 0.15) is 4.90 Å². The van der Waals surface area contributed by atoms with Gasteiger partial charge in [0.2, 0.25) is 15.9 Å². The van der Waals surface area contributed by atoms with Gasteiger partial charge in [-0.2, -0.15) is 4.31 Å². The molecule has 0 bridgehead atoms. The van der Waals surface area contributed by atoms with E-state index in [1.54, 1.807) is 6.07 Å². The highest BCUT2D eigenvalue weighted by Gasteiger charge is 2.29. The number of anilines is 1. The molecule has 0 radical (unpaired) electrons. The van der Waals surface area contributed by atoms with Crippen LogP contribution in [0.15, 0.2) is 71.6 Å². The van der Waals surface area contributed by atoms with E-state index >= 15 is 0 Å². The number of carbonyl (C=O) groups excluding carboxylic acids is 1. The number of hydrogen-bond donors (Lipinski definition) is 1. The maximum Gasteiger partial charge on any atom is 0.245 e. The van der Waals surface area contributed by atoms with Gasteiger partial charge in [-0.25, -0.2) is 8.42 Å². The molecule has 168 valence electrons. The molecule has 8 heteroatoms. The number of amides is 1. The van der Waals surface area contributed by atoms with Crippen molar-refractivity contribution in [1.29, 1.82) is 0 Å². The van der Waals surface area contributed by atoms with E-state index in [9.17, 15) is 13.2 Å². The summed E-state index contributed by atoms with van der Waals surface area (Å²) in [4.78, 5) is 12.7. The smallest absolute Gasteiger partial charge is 0.245 e. The third kappa shape index (κ3) is 5.90. The first kappa shape index (κ1) is 24.3. The Hall–Kier alpha value is -2.38. The minimum atomic E-state index is -4.07. The molecule has 0 aromatic heterocycles. The maximum absolute atomic E-state index is 13.4. The normalized spacial score (nSPS) is 11.5. The fourth-order valence-electron chi connectivity index (χ4n) is 3.23. The summed E-state index contributed by atoms with van der Waals surface area (Å²) in [6, 6.07) is 19.3.